The van der Waals surface area contributed by atoms with Crippen molar-refractivity contribution in [2.24, 2.45) is 0 Å². The average molecular weight is 247 g/mol. The number of aryl methyl sites for hydroxylation is 2. The summed E-state index contributed by atoms with van der Waals surface area (Å²) in [4.78, 5) is 0. The first kappa shape index (κ1) is 12.7. The van der Waals surface area contributed by atoms with E-state index in [1.54, 1.807) is 6.92 Å². The van der Waals surface area contributed by atoms with E-state index in [-0.39, 0.29) is 5.82 Å². The lowest BCUT2D eigenvalue weighted by Gasteiger charge is -2.11. The Bertz CT molecular complexity index is 534. The molecule has 0 aliphatic heterocycles. The molecular weight excluding hydrogens is 229 g/mol. The molecule has 18 heavy (non-hydrogen) atoms. The second-order valence-corrected chi connectivity index (χ2v) is 4.68. The Kier molecular flexibility index (Phi) is 3.75. The van der Waals surface area contributed by atoms with E-state index in [0.29, 0.717) is 11.5 Å². The Morgan fingerprint density at radius 1 is 1.39 bits per heavy atom. The van der Waals surface area contributed by atoms with Gasteiger partial charge in [-0.05, 0) is 43.4 Å². The van der Waals surface area contributed by atoms with Crippen LogP contribution in [0.2, 0.25) is 0 Å². The molecule has 0 N–H and O–H groups in total. The van der Waals surface area contributed by atoms with Crippen molar-refractivity contribution in [1.29, 1.82) is 0 Å². The molecule has 0 bridgehead atoms. The molecule has 4 heteroatoms. The van der Waals surface area contributed by atoms with Gasteiger partial charge in [0.15, 0.2) is 0 Å². The predicted octanol–water partition coefficient (Wildman–Crippen LogP) is 3.09. The number of hydrogen-bond donors (Lipinski definition) is 0. The van der Waals surface area contributed by atoms with E-state index in [4.69, 9.17) is 0 Å². The van der Waals surface area contributed by atoms with Gasteiger partial charge in [-0.15, -0.1) is 5.10 Å². The van der Waals surface area contributed by atoms with Crippen LogP contribution in [0.15, 0.2) is 24.4 Å². The number of rotatable bonds is 4. The van der Waals surface area contributed by atoms with Crippen molar-refractivity contribution < 1.29 is 4.39 Å². The minimum atomic E-state index is -0.150. The van der Waals surface area contributed by atoms with Crippen molar-refractivity contribution in [3.05, 3.63) is 47.0 Å². The lowest BCUT2D eigenvalue weighted by Crippen LogP contribution is -2.00. The summed E-state index contributed by atoms with van der Waals surface area (Å²) in [5.74, 6) is 0.161. The lowest BCUT2D eigenvalue weighted by atomic mass is 9.95. The van der Waals surface area contributed by atoms with Crippen molar-refractivity contribution in [2.75, 3.05) is 0 Å². The second-order valence-electron chi connectivity index (χ2n) is 4.68. The number of halogens is 1. The third-order valence-electron chi connectivity index (χ3n) is 3.18. The highest BCUT2D eigenvalue weighted by Crippen LogP contribution is 2.21. The average Bonchev–Trinajstić information content (AvgIpc) is 2.80. The fraction of sp³-hybridized carbons (Fsp3) is 0.429. The van der Waals surface area contributed by atoms with Crippen LogP contribution in [0.4, 0.5) is 4.39 Å². The summed E-state index contributed by atoms with van der Waals surface area (Å²) in [6, 6.07) is 5.28. The van der Waals surface area contributed by atoms with Crippen LogP contribution >= 0.6 is 0 Å². The zero-order chi connectivity index (χ0) is 13.1. The molecule has 1 aromatic carbocycles. The SMILES string of the molecule is CCn1cc(CC(C)c2ccc(F)c(C)c2)nn1. The fourth-order valence-corrected chi connectivity index (χ4v) is 1.99. The van der Waals surface area contributed by atoms with Gasteiger partial charge in [-0.25, -0.2) is 4.39 Å². The van der Waals surface area contributed by atoms with Crippen molar-refractivity contribution in [3.8, 4) is 0 Å². The molecular formula is C14H18FN3. The first-order valence-electron chi connectivity index (χ1n) is 6.25. The third kappa shape index (κ3) is 2.75. The van der Waals surface area contributed by atoms with Crippen LogP contribution in [0.1, 0.15) is 36.6 Å². The first-order chi connectivity index (χ1) is 8.60. The standard InChI is InChI=1S/C14H18FN3/c1-4-18-9-13(16-17-18)8-10(2)12-5-6-14(15)11(3)7-12/h5-7,9-10H,4,8H2,1-3H3. The molecule has 0 spiro atoms. The Balaban J connectivity index is 2.11. The van der Waals surface area contributed by atoms with E-state index in [2.05, 4.69) is 17.2 Å². The summed E-state index contributed by atoms with van der Waals surface area (Å²) in [6.07, 6.45) is 2.79. The molecule has 1 aromatic heterocycles. The molecule has 1 atom stereocenters. The molecule has 1 heterocycles. The zero-order valence-corrected chi connectivity index (χ0v) is 11.0. The molecule has 0 saturated carbocycles. The lowest BCUT2D eigenvalue weighted by molar-refractivity contribution is 0.615. The molecule has 2 rings (SSSR count). The summed E-state index contributed by atoms with van der Waals surface area (Å²) in [7, 11) is 0. The molecule has 96 valence electrons. The summed E-state index contributed by atoms with van der Waals surface area (Å²) in [5.41, 5.74) is 2.81. The summed E-state index contributed by atoms with van der Waals surface area (Å²) >= 11 is 0. The van der Waals surface area contributed by atoms with Crippen LogP contribution in [-0.4, -0.2) is 15.0 Å². The maximum Gasteiger partial charge on any atom is 0.126 e. The third-order valence-corrected chi connectivity index (χ3v) is 3.18. The van der Waals surface area contributed by atoms with Crippen LogP contribution in [-0.2, 0) is 13.0 Å². The predicted molar refractivity (Wildman–Crippen MR) is 69.0 cm³/mol. The molecule has 0 radical (unpaired) electrons. The minimum Gasteiger partial charge on any atom is -0.253 e. The Morgan fingerprint density at radius 2 is 2.17 bits per heavy atom. The van der Waals surface area contributed by atoms with Crippen LogP contribution < -0.4 is 0 Å². The van der Waals surface area contributed by atoms with E-state index in [0.717, 1.165) is 24.2 Å². The second kappa shape index (κ2) is 5.29. The highest BCUT2D eigenvalue weighted by atomic mass is 19.1. The van der Waals surface area contributed by atoms with Crippen LogP contribution in [0.3, 0.4) is 0 Å². The molecule has 3 nitrogen and oxygen atoms in total. The monoisotopic (exact) mass is 247 g/mol. The largest absolute Gasteiger partial charge is 0.253 e. The van der Waals surface area contributed by atoms with Gasteiger partial charge < -0.3 is 0 Å². The van der Waals surface area contributed by atoms with Gasteiger partial charge in [-0.2, -0.15) is 0 Å². The van der Waals surface area contributed by atoms with Gasteiger partial charge in [0, 0.05) is 12.7 Å². The number of hydrogen-bond acceptors (Lipinski definition) is 2. The molecule has 1 unspecified atom stereocenters. The van der Waals surface area contributed by atoms with Gasteiger partial charge >= 0.3 is 0 Å². The highest BCUT2D eigenvalue weighted by molar-refractivity contribution is 5.27. The Morgan fingerprint density at radius 3 is 2.78 bits per heavy atom. The quantitative estimate of drug-likeness (QED) is 0.831. The normalized spacial score (nSPS) is 12.7. The number of aromatic nitrogens is 3. The van der Waals surface area contributed by atoms with Crippen LogP contribution in [0.25, 0.3) is 0 Å². The molecule has 0 saturated heterocycles. The van der Waals surface area contributed by atoms with Gasteiger partial charge in [0.25, 0.3) is 0 Å². The fourth-order valence-electron chi connectivity index (χ4n) is 1.99. The van der Waals surface area contributed by atoms with Gasteiger partial charge in [-0.1, -0.05) is 24.3 Å². The first-order valence-corrected chi connectivity index (χ1v) is 6.25. The Labute approximate surface area is 107 Å². The summed E-state index contributed by atoms with van der Waals surface area (Å²) in [5, 5.41) is 8.15. The molecule has 0 amide bonds. The van der Waals surface area contributed by atoms with E-state index in [9.17, 15) is 4.39 Å². The van der Waals surface area contributed by atoms with Crippen LogP contribution in [0.5, 0.6) is 0 Å². The maximum absolute atomic E-state index is 13.2. The van der Waals surface area contributed by atoms with E-state index in [1.165, 1.54) is 6.07 Å². The summed E-state index contributed by atoms with van der Waals surface area (Å²) in [6.45, 7) is 6.78. The smallest absolute Gasteiger partial charge is 0.126 e. The van der Waals surface area contributed by atoms with E-state index in [1.807, 2.05) is 29.9 Å². The van der Waals surface area contributed by atoms with Crippen molar-refractivity contribution in [2.45, 2.75) is 39.7 Å². The molecule has 0 aliphatic rings. The van der Waals surface area contributed by atoms with E-state index < -0.39 is 0 Å². The van der Waals surface area contributed by atoms with Gasteiger partial charge in [0.2, 0.25) is 0 Å². The van der Waals surface area contributed by atoms with Crippen LogP contribution in [0, 0.1) is 12.7 Å². The Hall–Kier alpha value is -1.71. The van der Waals surface area contributed by atoms with Crippen molar-refractivity contribution in [1.82, 2.24) is 15.0 Å². The van der Waals surface area contributed by atoms with Gasteiger partial charge in [0.05, 0.1) is 5.69 Å². The zero-order valence-electron chi connectivity index (χ0n) is 11.0. The van der Waals surface area contributed by atoms with Gasteiger partial charge in [0.1, 0.15) is 5.82 Å². The van der Waals surface area contributed by atoms with Crippen molar-refractivity contribution >= 4 is 0 Å². The highest BCUT2D eigenvalue weighted by Gasteiger charge is 2.10. The maximum atomic E-state index is 13.2. The molecule has 0 aliphatic carbocycles. The number of benzene rings is 1. The molecule has 2 aromatic rings. The van der Waals surface area contributed by atoms with Gasteiger partial charge in [-0.3, -0.25) is 4.68 Å². The van der Waals surface area contributed by atoms with Crippen molar-refractivity contribution in [3.63, 3.8) is 0 Å². The number of nitrogens with zero attached hydrogens (tertiary/aromatic N) is 3. The minimum absolute atomic E-state index is 0.150. The van der Waals surface area contributed by atoms with E-state index >= 15 is 0 Å². The molecule has 0 fully saturated rings. The summed E-state index contributed by atoms with van der Waals surface area (Å²) < 4.78 is 15.0. The topological polar surface area (TPSA) is 30.7 Å².